The monoisotopic (exact) mass is 285 g/mol. The molecule has 0 aliphatic rings. The van der Waals surface area contributed by atoms with Gasteiger partial charge in [-0.1, -0.05) is 26.8 Å². The zero-order valence-corrected chi connectivity index (χ0v) is 13.0. The minimum atomic E-state index is 0.722. The number of aromatic nitrogens is 2. The van der Waals surface area contributed by atoms with Crippen molar-refractivity contribution < 1.29 is 0 Å². The topological polar surface area (TPSA) is 41.6 Å². The Labute approximate surface area is 124 Å². The van der Waals surface area contributed by atoms with Crippen LogP contribution in [0.4, 0.5) is 0 Å². The molecule has 1 aromatic heterocycles. The maximum Gasteiger partial charge on any atom is 0.103 e. The van der Waals surface area contributed by atoms with Gasteiger partial charge < -0.3 is 0 Å². The van der Waals surface area contributed by atoms with Crippen molar-refractivity contribution in [2.24, 2.45) is 0 Å². The molecule has 0 unspecified atom stereocenters. The Morgan fingerprint density at radius 3 is 2.65 bits per heavy atom. The fourth-order valence-electron chi connectivity index (χ4n) is 2.19. The van der Waals surface area contributed by atoms with Gasteiger partial charge in [0.05, 0.1) is 16.9 Å². The lowest BCUT2D eigenvalue weighted by molar-refractivity contribution is 0.790. The largest absolute Gasteiger partial charge is 0.236 e. The van der Waals surface area contributed by atoms with Gasteiger partial charge in [-0.15, -0.1) is 11.8 Å². The van der Waals surface area contributed by atoms with Gasteiger partial charge in [-0.2, -0.15) is 10.4 Å². The van der Waals surface area contributed by atoms with E-state index in [1.165, 1.54) is 0 Å². The Morgan fingerprint density at radius 2 is 2.05 bits per heavy atom. The molecule has 0 fully saturated rings. The van der Waals surface area contributed by atoms with Crippen molar-refractivity contribution in [3.63, 3.8) is 0 Å². The Kier molecular flexibility index (Phi) is 4.86. The molecule has 1 heterocycles. The smallest absolute Gasteiger partial charge is 0.103 e. The van der Waals surface area contributed by atoms with Crippen LogP contribution in [0.5, 0.6) is 0 Å². The molecule has 0 amide bonds. The molecule has 0 atom stereocenters. The second-order valence-electron chi connectivity index (χ2n) is 4.44. The van der Waals surface area contributed by atoms with Gasteiger partial charge >= 0.3 is 0 Å². The summed E-state index contributed by atoms with van der Waals surface area (Å²) >= 11 is 1.70. The molecule has 0 aliphatic carbocycles. The van der Waals surface area contributed by atoms with Crippen molar-refractivity contribution in [2.45, 2.75) is 38.5 Å². The summed E-state index contributed by atoms with van der Waals surface area (Å²) in [5.41, 5.74) is 3.83. The van der Waals surface area contributed by atoms with Gasteiger partial charge in [0.15, 0.2) is 0 Å². The third-order valence-corrected chi connectivity index (χ3v) is 4.14. The van der Waals surface area contributed by atoms with Crippen molar-refractivity contribution in [2.75, 3.05) is 5.75 Å². The lowest BCUT2D eigenvalue weighted by Crippen LogP contribution is -2.05. The molecule has 3 nitrogen and oxygen atoms in total. The van der Waals surface area contributed by atoms with Gasteiger partial charge in [0.2, 0.25) is 0 Å². The van der Waals surface area contributed by atoms with Crippen LogP contribution < -0.4 is 0 Å². The van der Waals surface area contributed by atoms with Crippen molar-refractivity contribution >= 4 is 11.8 Å². The number of benzene rings is 1. The summed E-state index contributed by atoms with van der Waals surface area (Å²) in [6, 6.07) is 10.5. The highest BCUT2D eigenvalue weighted by atomic mass is 32.2. The van der Waals surface area contributed by atoms with Crippen LogP contribution in [0.3, 0.4) is 0 Å². The predicted molar refractivity (Wildman–Crippen MR) is 83.4 cm³/mol. The van der Waals surface area contributed by atoms with Crippen LogP contribution in [0.1, 0.15) is 37.7 Å². The first-order chi connectivity index (χ1) is 9.74. The number of nitrogens with zero attached hydrogens (tertiary/aromatic N) is 3. The van der Waals surface area contributed by atoms with E-state index in [-0.39, 0.29) is 0 Å². The van der Waals surface area contributed by atoms with Crippen LogP contribution in [0.2, 0.25) is 0 Å². The highest BCUT2D eigenvalue weighted by Gasteiger charge is 2.14. The van der Waals surface area contributed by atoms with Gasteiger partial charge in [0, 0.05) is 10.6 Å². The lowest BCUT2D eigenvalue weighted by Gasteiger charge is -2.11. The Bertz CT molecular complexity index is 638. The molecule has 0 bridgehead atoms. The summed E-state index contributed by atoms with van der Waals surface area (Å²) in [6.45, 7) is 6.31. The van der Waals surface area contributed by atoms with E-state index in [1.807, 2.05) is 22.9 Å². The number of rotatable bonds is 5. The van der Waals surface area contributed by atoms with Gasteiger partial charge in [-0.3, -0.25) is 0 Å². The van der Waals surface area contributed by atoms with Crippen LogP contribution in [0, 0.1) is 11.3 Å². The maximum atomic E-state index is 9.51. The summed E-state index contributed by atoms with van der Waals surface area (Å²) in [4.78, 5) is 1.03. The van der Waals surface area contributed by atoms with E-state index in [0.29, 0.717) is 0 Å². The number of thioether (sulfide) groups is 1. The lowest BCUT2D eigenvalue weighted by atomic mass is 10.2. The van der Waals surface area contributed by atoms with Crippen LogP contribution >= 0.6 is 11.8 Å². The van der Waals surface area contributed by atoms with Crippen LogP contribution in [-0.2, 0) is 12.8 Å². The zero-order valence-electron chi connectivity index (χ0n) is 12.2. The highest BCUT2D eigenvalue weighted by Crippen LogP contribution is 2.27. The Morgan fingerprint density at radius 1 is 1.25 bits per heavy atom. The van der Waals surface area contributed by atoms with E-state index in [4.69, 9.17) is 0 Å². The molecular weight excluding hydrogens is 266 g/mol. The molecule has 0 saturated heterocycles. The van der Waals surface area contributed by atoms with Gasteiger partial charge in [-0.05, 0) is 36.8 Å². The summed E-state index contributed by atoms with van der Waals surface area (Å²) in [6.07, 6.45) is 1.81. The van der Waals surface area contributed by atoms with Crippen LogP contribution in [0.25, 0.3) is 5.69 Å². The molecule has 4 heteroatoms. The molecule has 0 aliphatic heterocycles. The number of hydrogen-bond acceptors (Lipinski definition) is 3. The van der Waals surface area contributed by atoms with Gasteiger partial charge in [-0.25, -0.2) is 4.68 Å². The normalized spacial score (nSPS) is 10.5. The first-order valence-corrected chi connectivity index (χ1v) is 7.97. The summed E-state index contributed by atoms with van der Waals surface area (Å²) in [5, 5.41) is 14.1. The highest BCUT2D eigenvalue weighted by molar-refractivity contribution is 7.99. The maximum absolute atomic E-state index is 9.51. The van der Waals surface area contributed by atoms with Crippen LogP contribution in [-0.4, -0.2) is 15.5 Å². The van der Waals surface area contributed by atoms with E-state index in [2.05, 4.69) is 38.0 Å². The number of nitriles is 1. The standard InChI is InChI=1S/C16H19N3S/c1-4-12-10-13(5-2)19(18-12)15-8-7-9-16(20-6-3)14(15)11-17/h7-10H,4-6H2,1-3H3. The minimum absolute atomic E-state index is 0.722. The first kappa shape index (κ1) is 14.7. The molecule has 2 aromatic rings. The fourth-order valence-corrected chi connectivity index (χ4v) is 2.97. The van der Waals surface area contributed by atoms with E-state index in [9.17, 15) is 5.26 Å². The molecule has 0 saturated carbocycles. The molecule has 0 radical (unpaired) electrons. The van der Waals surface area contributed by atoms with Crippen molar-refractivity contribution in [3.8, 4) is 11.8 Å². The van der Waals surface area contributed by atoms with Gasteiger partial charge in [0.1, 0.15) is 6.07 Å². The van der Waals surface area contributed by atoms with E-state index in [0.717, 1.165) is 46.1 Å². The zero-order chi connectivity index (χ0) is 14.5. The summed E-state index contributed by atoms with van der Waals surface area (Å²) < 4.78 is 1.93. The average Bonchev–Trinajstić information content (AvgIpc) is 2.90. The third-order valence-electron chi connectivity index (χ3n) is 3.20. The molecule has 0 N–H and O–H groups in total. The molecular formula is C16H19N3S. The molecule has 104 valence electrons. The SMILES string of the molecule is CCSc1cccc(-n2nc(CC)cc2CC)c1C#N. The molecule has 20 heavy (non-hydrogen) atoms. The second kappa shape index (κ2) is 6.62. The van der Waals surface area contributed by atoms with Crippen molar-refractivity contribution in [1.82, 2.24) is 9.78 Å². The fraction of sp³-hybridized carbons (Fsp3) is 0.375. The van der Waals surface area contributed by atoms with E-state index in [1.54, 1.807) is 11.8 Å². The van der Waals surface area contributed by atoms with Crippen LogP contribution in [0.15, 0.2) is 29.2 Å². The second-order valence-corrected chi connectivity index (χ2v) is 5.75. The molecule has 2 rings (SSSR count). The summed E-state index contributed by atoms with van der Waals surface area (Å²) in [5.74, 6) is 0.956. The number of hydrogen-bond donors (Lipinski definition) is 0. The predicted octanol–water partition coefficient (Wildman–Crippen LogP) is 3.98. The van der Waals surface area contributed by atoms with Gasteiger partial charge in [0.25, 0.3) is 0 Å². The van der Waals surface area contributed by atoms with E-state index >= 15 is 0 Å². The molecule has 1 aromatic carbocycles. The third kappa shape index (κ3) is 2.73. The molecule has 0 spiro atoms. The Hall–Kier alpha value is -1.73. The first-order valence-electron chi connectivity index (χ1n) is 6.99. The minimum Gasteiger partial charge on any atom is -0.236 e. The number of aryl methyl sites for hydroxylation is 2. The van der Waals surface area contributed by atoms with E-state index < -0.39 is 0 Å². The Balaban J connectivity index is 2.60. The van der Waals surface area contributed by atoms with Crippen molar-refractivity contribution in [1.29, 1.82) is 5.26 Å². The van der Waals surface area contributed by atoms with Crippen molar-refractivity contribution in [3.05, 3.63) is 41.2 Å². The quantitative estimate of drug-likeness (QED) is 0.780. The summed E-state index contributed by atoms with van der Waals surface area (Å²) in [7, 11) is 0. The average molecular weight is 285 g/mol.